The van der Waals surface area contributed by atoms with Gasteiger partial charge in [0.2, 0.25) is 0 Å². The Labute approximate surface area is 203 Å². The van der Waals surface area contributed by atoms with Gasteiger partial charge in [-0.25, -0.2) is 0 Å². The maximum Gasteiger partial charge on any atom is 0.492 e. The Morgan fingerprint density at radius 3 is 1.44 bits per heavy atom. The summed E-state index contributed by atoms with van der Waals surface area (Å²) in [5.41, 5.74) is -3.91. The van der Waals surface area contributed by atoms with Gasteiger partial charge in [0.05, 0.1) is 9.77 Å². The second kappa shape index (κ2) is 10.3. The van der Waals surface area contributed by atoms with E-state index >= 15 is 0 Å². The summed E-state index contributed by atoms with van der Waals surface area (Å²) in [6.45, 7) is 0. The van der Waals surface area contributed by atoms with Gasteiger partial charge in [0.1, 0.15) is 0 Å². The van der Waals surface area contributed by atoms with Crippen molar-refractivity contribution in [3.63, 3.8) is 0 Å². The van der Waals surface area contributed by atoms with Crippen LogP contribution >= 0.6 is 22.6 Å². The normalized spacial score (nSPS) is 13.3. The topological polar surface area (TPSA) is 151 Å². The van der Waals surface area contributed by atoms with Gasteiger partial charge in [0.25, 0.3) is 0 Å². The first-order valence-electron chi connectivity index (χ1n) is 8.25. The van der Waals surface area contributed by atoms with Crippen LogP contribution in [0.15, 0.2) is 12.4 Å². The Morgan fingerprint density at radius 2 is 1.18 bits per heavy atom. The molecule has 2 heterocycles. The van der Waals surface area contributed by atoms with E-state index in [1.165, 1.54) is 36.7 Å². The first-order valence-corrected chi connectivity index (χ1v) is 12.1. The number of rotatable bonds is 5. The van der Waals surface area contributed by atoms with E-state index < -0.39 is 56.7 Å². The van der Waals surface area contributed by atoms with Crippen LogP contribution in [0.25, 0.3) is 0 Å². The first kappa shape index (κ1) is 30.6. The molecule has 34 heavy (non-hydrogen) atoms. The van der Waals surface area contributed by atoms with Crippen molar-refractivity contribution in [3.05, 3.63) is 27.4 Å². The molecule has 0 saturated carbocycles. The zero-order valence-electron chi connectivity index (χ0n) is 17.4. The Morgan fingerprint density at radius 1 is 0.824 bits per heavy atom. The third kappa shape index (κ3) is 6.81. The third-order valence-corrected chi connectivity index (χ3v) is 7.54. The molecule has 0 unspecified atom stereocenters. The Bertz CT molecular complexity index is 1230. The molecule has 194 valence electrons. The molecule has 2 aromatic heterocycles. The maximum absolute atomic E-state index is 12.5. The van der Waals surface area contributed by atoms with Gasteiger partial charge in [-0.2, -0.15) is 70.2 Å². The molecule has 0 aromatic carbocycles. The number of hydrogen-bond acceptors (Lipinski definition) is 8. The van der Waals surface area contributed by atoms with Crippen LogP contribution in [0.3, 0.4) is 0 Å². The maximum atomic E-state index is 12.5. The third-order valence-electron chi connectivity index (χ3n) is 3.58. The van der Waals surface area contributed by atoms with Gasteiger partial charge in [-0.1, -0.05) is 0 Å². The standard InChI is InChI=1S/C6H9BF3N3O4S.C6H7F3IN3O2S/c1-12(2)18(16,17)13-3-4(7(14)15)5(11-13)6(8,9)10;1-12(2)16(14,15)13-3-4(10)5(11-13)6(7,8)9/h3,14-15H,1-2H3;3H,1-2H3. The number of alkyl halides is 6. The lowest BCUT2D eigenvalue weighted by Crippen LogP contribution is -2.34. The van der Waals surface area contributed by atoms with Crippen LogP contribution in [-0.2, 0) is 32.8 Å². The fourth-order valence-electron chi connectivity index (χ4n) is 1.87. The molecule has 0 fully saturated rings. The van der Waals surface area contributed by atoms with Crippen molar-refractivity contribution in [2.75, 3.05) is 28.2 Å². The highest BCUT2D eigenvalue weighted by Gasteiger charge is 2.41. The molecule has 0 bridgehead atoms. The molecule has 2 aromatic rings. The molecule has 0 saturated heterocycles. The highest BCUT2D eigenvalue weighted by atomic mass is 127. The van der Waals surface area contributed by atoms with Crippen molar-refractivity contribution < 1.29 is 53.2 Å². The summed E-state index contributed by atoms with van der Waals surface area (Å²) in [6.07, 6.45) is -8.43. The quantitative estimate of drug-likeness (QED) is 0.246. The van der Waals surface area contributed by atoms with Gasteiger partial charge in [-0.3, -0.25) is 0 Å². The largest absolute Gasteiger partial charge is 0.492 e. The summed E-state index contributed by atoms with van der Waals surface area (Å²) in [5.74, 6) is 0. The van der Waals surface area contributed by atoms with Crippen LogP contribution in [0.1, 0.15) is 11.4 Å². The Hall–Kier alpha value is -1.47. The van der Waals surface area contributed by atoms with E-state index in [1.54, 1.807) is 0 Å². The van der Waals surface area contributed by atoms with Gasteiger partial charge < -0.3 is 10.0 Å². The van der Waals surface area contributed by atoms with E-state index in [4.69, 9.17) is 10.0 Å². The lowest BCUT2D eigenvalue weighted by Gasteiger charge is -2.10. The molecule has 2 rings (SSSR count). The van der Waals surface area contributed by atoms with E-state index in [0.717, 1.165) is 24.6 Å². The van der Waals surface area contributed by atoms with Crippen molar-refractivity contribution in [2.24, 2.45) is 0 Å². The number of nitrogens with zero attached hydrogens (tertiary/aromatic N) is 6. The van der Waals surface area contributed by atoms with Crippen molar-refractivity contribution in [1.29, 1.82) is 0 Å². The Kier molecular flexibility index (Phi) is 9.22. The van der Waals surface area contributed by atoms with Gasteiger partial charge in [-0.15, -0.1) is 0 Å². The molecule has 0 amide bonds. The molecule has 0 radical (unpaired) electrons. The average Bonchev–Trinajstić information content (AvgIpc) is 3.26. The van der Waals surface area contributed by atoms with Crippen LogP contribution in [0.4, 0.5) is 26.3 Å². The second-order valence-corrected chi connectivity index (χ2v) is 11.6. The predicted molar refractivity (Wildman–Crippen MR) is 113 cm³/mol. The fourth-order valence-corrected chi connectivity index (χ4v) is 4.26. The minimum atomic E-state index is -4.99. The van der Waals surface area contributed by atoms with Crippen LogP contribution < -0.4 is 5.46 Å². The van der Waals surface area contributed by atoms with Gasteiger partial charge in [-0.05, 0) is 22.6 Å². The van der Waals surface area contributed by atoms with E-state index in [0.29, 0.717) is 14.6 Å². The highest BCUT2D eigenvalue weighted by Crippen LogP contribution is 2.31. The monoisotopic (exact) mass is 656 g/mol. The van der Waals surface area contributed by atoms with E-state index in [9.17, 15) is 43.2 Å². The molecule has 0 atom stereocenters. The Balaban J connectivity index is 0.000000342. The summed E-state index contributed by atoms with van der Waals surface area (Å²) in [6, 6.07) is 0. The number of aromatic nitrogens is 4. The van der Waals surface area contributed by atoms with Crippen molar-refractivity contribution in [2.45, 2.75) is 12.4 Å². The van der Waals surface area contributed by atoms with E-state index in [1.807, 2.05) is 0 Å². The van der Waals surface area contributed by atoms with Gasteiger partial charge in [0, 0.05) is 39.9 Å². The van der Waals surface area contributed by atoms with E-state index in [-0.39, 0.29) is 7.66 Å². The summed E-state index contributed by atoms with van der Waals surface area (Å²) in [4.78, 5) is 0. The van der Waals surface area contributed by atoms with Crippen LogP contribution in [0, 0.1) is 3.57 Å². The van der Waals surface area contributed by atoms with Crippen LogP contribution in [0.5, 0.6) is 0 Å². The summed E-state index contributed by atoms with van der Waals surface area (Å²) in [7, 11) is -6.14. The number of halogens is 7. The zero-order chi connectivity index (χ0) is 27.0. The molecule has 12 nitrogen and oxygen atoms in total. The summed E-state index contributed by atoms with van der Waals surface area (Å²) in [5, 5.41) is 23.4. The number of hydrogen-bond donors (Lipinski definition) is 2. The zero-order valence-corrected chi connectivity index (χ0v) is 21.2. The van der Waals surface area contributed by atoms with Gasteiger partial charge >= 0.3 is 39.9 Å². The minimum Gasteiger partial charge on any atom is -0.423 e. The van der Waals surface area contributed by atoms with E-state index in [2.05, 4.69) is 10.2 Å². The minimum absolute atomic E-state index is 0.0323. The van der Waals surface area contributed by atoms with Gasteiger partial charge in [0.15, 0.2) is 11.4 Å². The summed E-state index contributed by atoms with van der Waals surface area (Å²) < 4.78 is 122. The molecular weight excluding hydrogens is 640 g/mol. The molecule has 0 aliphatic heterocycles. The smallest absolute Gasteiger partial charge is 0.423 e. The lowest BCUT2D eigenvalue weighted by molar-refractivity contribution is -0.142. The second-order valence-electron chi connectivity index (χ2n) is 6.45. The fraction of sp³-hybridized carbons (Fsp3) is 0.500. The highest BCUT2D eigenvalue weighted by molar-refractivity contribution is 14.1. The first-order chi connectivity index (χ1) is 15.0. The lowest BCUT2D eigenvalue weighted by atomic mass is 9.80. The molecule has 22 heteroatoms. The van der Waals surface area contributed by atoms with Crippen LogP contribution in [0.2, 0.25) is 0 Å². The molecule has 2 N–H and O–H groups in total. The molecular formula is C12H16BF6IN6O6S2. The van der Waals surface area contributed by atoms with Crippen molar-refractivity contribution >= 4 is 55.6 Å². The van der Waals surface area contributed by atoms with Crippen molar-refractivity contribution in [3.8, 4) is 0 Å². The molecule has 0 aliphatic rings. The summed E-state index contributed by atoms with van der Waals surface area (Å²) >= 11 is 1.38. The SMILES string of the molecule is CN(C)S(=O)(=O)n1cc(B(O)O)c(C(F)(F)F)n1.CN(C)S(=O)(=O)n1cc(I)c(C(F)(F)F)n1. The average molecular weight is 656 g/mol. The van der Waals surface area contributed by atoms with Crippen molar-refractivity contribution in [1.82, 2.24) is 27.0 Å². The molecule has 0 aliphatic carbocycles. The predicted octanol–water partition coefficient (Wildman–Crippen LogP) is -0.603. The molecule has 0 spiro atoms. The van der Waals surface area contributed by atoms with Crippen LogP contribution in [-0.4, -0.2) is 89.2 Å².